The number of benzene rings is 1. The van der Waals surface area contributed by atoms with Crippen molar-refractivity contribution in [2.24, 2.45) is 7.05 Å². The maximum Gasteiger partial charge on any atom is 0.246 e. The number of aromatic nitrogens is 4. The van der Waals surface area contributed by atoms with Crippen LogP contribution in [0.3, 0.4) is 0 Å². The van der Waals surface area contributed by atoms with E-state index in [9.17, 15) is 4.79 Å². The molecule has 1 aromatic carbocycles. The molecule has 0 atom stereocenters. The summed E-state index contributed by atoms with van der Waals surface area (Å²) in [4.78, 5) is 26.3. The van der Waals surface area contributed by atoms with Crippen molar-refractivity contribution in [3.8, 4) is 5.75 Å². The van der Waals surface area contributed by atoms with Gasteiger partial charge in [0, 0.05) is 45.7 Å². The average Bonchev–Trinajstić information content (AvgIpc) is 3.10. The molecule has 0 bridgehead atoms. The number of nitrogens with zero attached hydrogens (tertiary/aromatic N) is 6. The van der Waals surface area contributed by atoms with E-state index in [2.05, 4.69) is 21.9 Å². The van der Waals surface area contributed by atoms with Crippen LogP contribution in [0.5, 0.6) is 5.75 Å². The summed E-state index contributed by atoms with van der Waals surface area (Å²) in [6.07, 6.45) is 4.25. The molecule has 1 amide bonds. The predicted molar refractivity (Wildman–Crippen MR) is 121 cm³/mol. The molecule has 1 aliphatic heterocycles. The van der Waals surface area contributed by atoms with E-state index in [4.69, 9.17) is 9.72 Å². The zero-order chi connectivity index (χ0) is 22.0. The van der Waals surface area contributed by atoms with Gasteiger partial charge in [0.25, 0.3) is 0 Å². The fourth-order valence-electron chi connectivity index (χ4n) is 3.87. The second-order valence-corrected chi connectivity index (χ2v) is 7.64. The number of hydrogen-bond donors (Lipinski definition) is 0. The normalized spacial score (nSPS) is 14.6. The van der Waals surface area contributed by atoms with E-state index < -0.39 is 0 Å². The summed E-state index contributed by atoms with van der Waals surface area (Å²) in [6, 6.07) is 7.64. The smallest absolute Gasteiger partial charge is 0.246 e. The second-order valence-electron chi connectivity index (χ2n) is 7.64. The highest BCUT2D eigenvalue weighted by molar-refractivity contribution is 5.92. The van der Waals surface area contributed by atoms with Crippen LogP contribution in [-0.2, 0) is 18.3 Å². The van der Waals surface area contributed by atoms with Crippen LogP contribution in [0, 0.1) is 6.92 Å². The van der Waals surface area contributed by atoms with Crippen LogP contribution in [0.2, 0.25) is 0 Å². The van der Waals surface area contributed by atoms with Crippen molar-refractivity contribution in [2.45, 2.75) is 20.3 Å². The Kier molecular flexibility index (Phi) is 5.88. The Balaban J connectivity index is 1.46. The molecule has 1 fully saturated rings. The second kappa shape index (κ2) is 8.75. The Morgan fingerprint density at radius 2 is 1.84 bits per heavy atom. The van der Waals surface area contributed by atoms with Crippen LogP contribution in [0.1, 0.15) is 24.0 Å². The molecule has 3 heterocycles. The summed E-state index contributed by atoms with van der Waals surface area (Å²) in [5.74, 6) is 2.55. The fraction of sp³-hybridized carbons (Fsp3) is 0.391. The molecule has 0 unspecified atom stereocenters. The zero-order valence-electron chi connectivity index (χ0n) is 18.5. The molecule has 8 heteroatoms. The molecule has 0 radical (unpaired) electrons. The number of amides is 1. The molecule has 1 aliphatic rings. The van der Waals surface area contributed by atoms with Gasteiger partial charge in [-0.05, 0) is 30.7 Å². The first-order valence-electron chi connectivity index (χ1n) is 10.6. The van der Waals surface area contributed by atoms with Gasteiger partial charge in [0.1, 0.15) is 22.6 Å². The third-order valence-electron chi connectivity index (χ3n) is 5.62. The summed E-state index contributed by atoms with van der Waals surface area (Å²) in [7, 11) is 3.57. The van der Waals surface area contributed by atoms with Gasteiger partial charge in [0.15, 0.2) is 5.82 Å². The van der Waals surface area contributed by atoms with Gasteiger partial charge < -0.3 is 14.5 Å². The summed E-state index contributed by atoms with van der Waals surface area (Å²) in [5.41, 5.74) is 3.74. The van der Waals surface area contributed by atoms with E-state index in [1.165, 1.54) is 0 Å². The number of methoxy groups -OCH3 is 1. The Bertz CT molecular complexity index is 1110. The van der Waals surface area contributed by atoms with Crippen LogP contribution in [0.4, 0.5) is 5.82 Å². The molecule has 0 spiro atoms. The van der Waals surface area contributed by atoms with Crippen LogP contribution in [0.15, 0.2) is 30.3 Å². The van der Waals surface area contributed by atoms with Gasteiger partial charge in [-0.2, -0.15) is 5.10 Å². The number of rotatable bonds is 5. The molecule has 1 saturated heterocycles. The first-order chi connectivity index (χ1) is 15.0. The summed E-state index contributed by atoms with van der Waals surface area (Å²) in [6.45, 7) is 6.78. The Labute approximate surface area is 182 Å². The minimum Gasteiger partial charge on any atom is -0.497 e. The van der Waals surface area contributed by atoms with Crippen molar-refractivity contribution in [1.82, 2.24) is 24.6 Å². The topological polar surface area (TPSA) is 76.4 Å². The minimum atomic E-state index is 0.0222. The third kappa shape index (κ3) is 4.23. The predicted octanol–water partition coefficient (Wildman–Crippen LogP) is 2.60. The molecule has 162 valence electrons. The highest BCUT2D eigenvalue weighted by Crippen LogP contribution is 2.26. The summed E-state index contributed by atoms with van der Waals surface area (Å²) < 4.78 is 7.02. The third-order valence-corrected chi connectivity index (χ3v) is 5.62. The largest absolute Gasteiger partial charge is 0.497 e. The number of carbonyl (C=O) groups is 1. The van der Waals surface area contributed by atoms with E-state index in [1.807, 2.05) is 53.9 Å². The maximum atomic E-state index is 12.7. The van der Waals surface area contributed by atoms with E-state index in [0.29, 0.717) is 13.1 Å². The number of ether oxygens (including phenoxy) is 1. The van der Waals surface area contributed by atoms with Crippen molar-refractivity contribution in [2.75, 3.05) is 38.2 Å². The van der Waals surface area contributed by atoms with Gasteiger partial charge in [-0.3, -0.25) is 9.48 Å². The Morgan fingerprint density at radius 1 is 1.13 bits per heavy atom. The van der Waals surface area contributed by atoms with Crippen molar-refractivity contribution in [1.29, 1.82) is 0 Å². The SMILES string of the molecule is CCc1nc(N2CCN(C(=O)C=Cc3ccc(OC)cc3)CC2)c2c(n1)c(C)nn2C. The van der Waals surface area contributed by atoms with Crippen molar-refractivity contribution >= 4 is 28.8 Å². The maximum absolute atomic E-state index is 12.7. The van der Waals surface area contributed by atoms with Gasteiger partial charge in [0.05, 0.1) is 12.8 Å². The first kappa shape index (κ1) is 20.8. The molecule has 2 aromatic heterocycles. The molecular weight excluding hydrogens is 392 g/mol. The summed E-state index contributed by atoms with van der Waals surface area (Å²) >= 11 is 0. The highest BCUT2D eigenvalue weighted by Gasteiger charge is 2.24. The van der Waals surface area contributed by atoms with Crippen LogP contribution in [-0.4, -0.2) is 63.8 Å². The molecule has 8 nitrogen and oxygen atoms in total. The number of carbonyl (C=O) groups excluding carboxylic acids is 1. The number of fused-ring (bicyclic) bond motifs is 1. The molecule has 0 N–H and O–H groups in total. The molecule has 31 heavy (non-hydrogen) atoms. The lowest BCUT2D eigenvalue weighted by atomic mass is 10.2. The lowest BCUT2D eigenvalue weighted by molar-refractivity contribution is -0.126. The molecule has 4 rings (SSSR count). The zero-order valence-corrected chi connectivity index (χ0v) is 18.5. The van der Waals surface area contributed by atoms with E-state index in [1.54, 1.807) is 13.2 Å². The number of anilines is 1. The van der Waals surface area contributed by atoms with Gasteiger partial charge >= 0.3 is 0 Å². The minimum absolute atomic E-state index is 0.0222. The molecule has 0 aliphatic carbocycles. The van der Waals surface area contributed by atoms with Crippen LogP contribution < -0.4 is 9.64 Å². The van der Waals surface area contributed by atoms with Crippen molar-refractivity contribution in [3.63, 3.8) is 0 Å². The van der Waals surface area contributed by atoms with E-state index in [0.717, 1.165) is 59.2 Å². The number of piperazine rings is 1. The Hall–Kier alpha value is -3.42. The monoisotopic (exact) mass is 420 g/mol. The molecule has 0 saturated carbocycles. The van der Waals surface area contributed by atoms with Gasteiger partial charge in [-0.25, -0.2) is 9.97 Å². The lowest BCUT2D eigenvalue weighted by Crippen LogP contribution is -2.48. The van der Waals surface area contributed by atoms with Gasteiger partial charge in [-0.1, -0.05) is 19.1 Å². The van der Waals surface area contributed by atoms with E-state index in [-0.39, 0.29) is 5.91 Å². The summed E-state index contributed by atoms with van der Waals surface area (Å²) in [5, 5.41) is 4.53. The van der Waals surface area contributed by atoms with Crippen LogP contribution >= 0.6 is 0 Å². The number of hydrogen-bond acceptors (Lipinski definition) is 6. The van der Waals surface area contributed by atoms with Crippen molar-refractivity contribution < 1.29 is 9.53 Å². The van der Waals surface area contributed by atoms with Gasteiger partial charge in [0.2, 0.25) is 5.91 Å². The quantitative estimate of drug-likeness (QED) is 0.591. The average molecular weight is 421 g/mol. The molecule has 3 aromatic rings. The van der Waals surface area contributed by atoms with Crippen molar-refractivity contribution in [3.05, 3.63) is 47.4 Å². The standard InChI is InChI=1S/C23H28N6O2/c1-5-19-24-21-16(2)26-27(3)22(21)23(25-19)29-14-12-28(13-15-29)20(30)11-8-17-6-9-18(31-4)10-7-17/h6-11H,5,12-15H2,1-4H3. The first-order valence-corrected chi connectivity index (χ1v) is 10.6. The number of aryl methyl sites for hydroxylation is 3. The highest BCUT2D eigenvalue weighted by atomic mass is 16.5. The van der Waals surface area contributed by atoms with Gasteiger partial charge in [-0.15, -0.1) is 0 Å². The lowest BCUT2D eigenvalue weighted by Gasteiger charge is -2.35. The fourth-order valence-corrected chi connectivity index (χ4v) is 3.87. The molecular formula is C23H28N6O2. The van der Waals surface area contributed by atoms with Crippen LogP contribution in [0.25, 0.3) is 17.1 Å². The van der Waals surface area contributed by atoms with E-state index >= 15 is 0 Å². The Morgan fingerprint density at radius 3 is 2.48 bits per heavy atom.